The van der Waals surface area contributed by atoms with Crippen molar-refractivity contribution in [3.8, 4) is 0 Å². The van der Waals surface area contributed by atoms with E-state index in [0.29, 0.717) is 23.8 Å². The van der Waals surface area contributed by atoms with Crippen molar-refractivity contribution in [1.29, 1.82) is 0 Å². The Bertz CT molecular complexity index is 932. The number of halogens is 3. The monoisotopic (exact) mass is 478 g/mol. The second-order valence-corrected chi connectivity index (χ2v) is 8.98. The highest BCUT2D eigenvalue weighted by atomic mass is 79.9. The SMILES string of the molecule is CCN(CC)S(=O)(=O)c1ccc(Cl)c(C(=O)Nc2ccc(Br)cc2Cl)c1. The summed E-state index contributed by atoms with van der Waals surface area (Å²) in [5.41, 5.74) is 0.451. The van der Waals surface area contributed by atoms with Gasteiger partial charge in [-0.05, 0) is 36.4 Å². The molecule has 0 heterocycles. The molecule has 0 spiro atoms. The Hall–Kier alpha value is -1.12. The standard InChI is InChI=1S/C17H17BrCl2N2O3S/c1-3-22(4-2)26(24,25)12-6-7-14(19)13(10-12)17(23)21-16-8-5-11(18)9-15(16)20/h5-10H,3-4H2,1-2H3,(H,21,23). The van der Waals surface area contributed by atoms with Crippen LogP contribution in [-0.4, -0.2) is 31.7 Å². The summed E-state index contributed by atoms with van der Waals surface area (Å²) in [6, 6.07) is 9.06. The highest BCUT2D eigenvalue weighted by Gasteiger charge is 2.24. The lowest BCUT2D eigenvalue weighted by Crippen LogP contribution is -2.30. The lowest BCUT2D eigenvalue weighted by molar-refractivity contribution is 0.102. The van der Waals surface area contributed by atoms with Crippen molar-refractivity contribution in [1.82, 2.24) is 4.31 Å². The molecule has 1 amide bonds. The van der Waals surface area contributed by atoms with Gasteiger partial charge in [0.25, 0.3) is 5.91 Å². The number of carbonyl (C=O) groups excluding carboxylic acids is 1. The molecule has 0 saturated carbocycles. The van der Waals surface area contributed by atoms with Crippen molar-refractivity contribution < 1.29 is 13.2 Å². The van der Waals surface area contributed by atoms with Crippen molar-refractivity contribution in [2.24, 2.45) is 0 Å². The topological polar surface area (TPSA) is 66.5 Å². The first kappa shape index (κ1) is 21.2. The molecule has 0 aromatic heterocycles. The maximum absolute atomic E-state index is 12.7. The maximum Gasteiger partial charge on any atom is 0.257 e. The maximum atomic E-state index is 12.7. The molecule has 0 fully saturated rings. The van der Waals surface area contributed by atoms with E-state index in [-0.39, 0.29) is 15.5 Å². The summed E-state index contributed by atoms with van der Waals surface area (Å²) in [5.74, 6) is -0.546. The summed E-state index contributed by atoms with van der Waals surface area (Å²) in [4.78, 5) is 12.6. The van der Waals surface area contributed by atoms with E-state index >= 15 is 0 Å². The van der Waals surface area contributed by atoms with Gasteiger partial charge in [0, 0.05) is 17.6 Å². The van der Waals surface area contributed by atoms with Gasteiger partial charge in [0.2, 0.25) is 10.0 Å². The molecule has 0 unspecified atom stereocenters. The van der Waals surface area contributed by atoms with Gasteiger partial charge < -0.3 is 5.32 Å². The number of nitrogens with one attached hydrogen (secondary N) is 1. The largest absolute Gasteiger partial charge is 0.321 e. The third kappa shape index (κ3) is 4.58. The molecule has 9 heteroatoms. The Balaban J connectivity index is 2.39. The summed E-state index contributed by atoms with van der Waals surface area (Å²) in [6.07, 6.45) is 0. The summed E-state index contributed by atoms with van der Waals surface area (Å²) in [5, 5.41) is 3.14. The first-order chi connectivity index (χ1) is 12.2. The van der Waals surface area contributed by atoms with E-state index in [0.717, 1.165) is 4.47 Å². The predicted octanol–water partition coefficient (Wildman–Crippen LogP) is 5.04. The predicted molar refractivity (Wildman–Crippen MR) is 109 cm³/mol. The van der Waals surface area contributed by atoms with Crippen LogP contribution in [-0.2, 0) is 10.0 Å². The third-order valence-electron chi connectivity index (χ3n) is 3.70. The summed E-state index contributed by atoms with van der Waals surface area (Å²) >= 11 is 15.5. The van der Waals surface area contributed by atoms with Crippen LogP contribution in [0.5, 0.6) is 0 Å². The molecule has 140 valence electrons. The van der Waals surface area contributed by atoms with Crippen molar-refractivity contribution in [3.05, 3.63) is 56.5 Å². The number of nitrogens with zero attached hydrogens (tertiary/aromatic N) is 1. The highest BCUT2D eigenvalue weighted by Crippen LogP contribution is 2.28. The fourth-order valence-corrected chi connectivity index (χ4v) is 4.74. The van der Waals surface area contributed by atoms with Crippen LogP contribution in [0.4, 0.5) is 5.69 Å². The number of hydrogen-bond donors (Lipinski definition) is 1. The molecule has 0 aliphatic heterocycles. The molecule has 0 atom stereocenters. The lowest BCUT2D eigenvalue weighted by atomic mass is 10.2. The number of sulfonamides is 1. The Morgan fingerprint density at radius 1 is 1.08 bits per heavy atom. The van der Waals surface area contributed by atoms with Crippen LogP contribution in [0.2, 0.25) is 10.0 Å². The first-order valence-electron chi connectivity index (χ1n) is 7.76. The zero-order valence-corrected chi connectivity index (χ0v) is 18.0. The summed E-state index contributed by atoms with van der Waals surface area (Å²) < 4.78 is 27.4. The zero-order chi connectivity index (χ0) is 19.5. The van der Waals surface area contributed by atoms with Crippen LogP contribution >= 0.6 is 39.1 Å². The van der Waals surface area contributed by atoms with Gasteiger partial charge in [-0.3, -0.25) is 4.79 Å². The Morgan fingerprint density at radius 3 is 2.31 bits per heavy atom. The van der Waals surface area contributed by atoms with Gasteiger partial charge in [-0.25, -0.2) is 8.42 Å². The van der Waals surface area contributed by atoms with Gasteiger partial charge in [0.05, 0.1) is 26.2 Å². The van der Waals surface area contributed by atoms with Crippen LogP contribution < -0.4 is 5.32 Å². The minimum Gasteiger partial charge on any atom is -0.321 e. The highest BCUT2D eigenvalue weighted by molar-refractivity contribution is 9.10. The average Bonchev–Trinajstić information content (AvgIpc) is 2.58. The van der Waals surface area contributed by atoms with Gasteiger partial charge in [0.1, 0.15) is 0 Å². The van der Waals surface area contributed by atoms with Crippen molar-refractivity contribution in [2.45, 2.75) is 18.7 Å². The van der Waals surface area contributed by atoms with E-state index in [1.807, 2.05) is 0 Å². The van der Waals surface area contributed by atoms with Crippen molar-refractivity contribution >= 4 is 60.7 Å². The molecule has 26 heavy (non-hydrogen) atoms. The lowest BCUT2D eigenvalue weighted by Gasteiger charge is -2.19. The fraction of sp³-hybridized carbons (Fsp3) is 0.235. The van der Waals surface area contributed by atoms with E-state index in [4.69, 9.17) is 23.2 Å². The number of benzene rings is 2. The molecular weight excluding hydrogens is 463 g/mol. The molecule has 5 nitrogen and oxygen atoms in total. The summed E-state index contributed by atoms with van der Waals surface area (Å²) in [6.45, 7) is 4.16. The number of hydrogen-bond acceptors (Lipinski definition) is 3. The quantitative estimate of drug-likeness (QED) is 0.631. The van der Waals surface area contributed by atoms with E-state index in [9.17, 15) is 13.2 Å². The third-order valence-corrected chi connectivity index (χ3v) is 6.89. The molecular formula is C17H17BrCl2N2O3S. The minimum atomic E-state index is -3.70. The van der Waals surface area contributed by atoms with E-state index in [1.54, 1.807) is 32.0 Å². The molecule has 2 aromatic carbocycles. The van der Waals surface area contributed by atoms with Crippen molar-refractivity contribution in [3.63, 3.8) is 0 Å². The number of carbonyl (C=O) groups is 1. The van der Waals surface area contributed by atoms with Crippen LogP contribution in [0.25, 0.3) is 0 Å². The van der Waals surface area contributed by atoms with Gasteiger partial charge >= 0.3 is 0 Å². The van der Waals surface area contributed by atoms with Crippen molar-refractivity contribution in [2.75, 3.05) is 18.4 Å². The number of anilines is 1. The van der Waals surface area contributed by atoms with E-state index in [2.05, 4.69) is 21.2 Å². The molecule has 0 aliphatic carbocycles. The normalized spacial score (nSPS) is 11.6. The van der Waals surface area contributed by atoms with Gasteiger partial charge in [-0.15, -0.1) is 0 Å². The van der Waals surface area contributed by atoms with Gasteiger partial charge in [-0.1, -0.05) is 53.0 Å². The Morgan fingerprint density at radius 2 is 1.73 bits per heavy atom. The second kappa shape index (κ2) is 8.71. The molecule has 1 N–H and O–H groups in total. The number of rotatable bonds is 6. The first-order valence-corrected chi connectivity index (χ1v) is 10.8. The zero-order valence-electron chi connectivity index (χ0n) is 14.1. The Kier molecular flexibility index (Phi) is 7.10. The van der Waals surface area contributed by atoms with Gasteiger partial charge in [-0.2, -0.15) is 4.31 Å². The van der Waals surface area contributed by atoms with Crippen LogP contribution in [0, 0.1) is 0 Å². The number of amides is 1. The molecule has 0 bridgehead atoms. The van der Waals surface area contributed by atoms with Crippen LogP contribution in [0.1, 0.15) is 24.2 Å². The van der Waals surface area contributed by atoms with Crippen LogP contribution in [0.15, 0.2) is 45.8 Å². The summed E-state index contributed by atoms with van der Waals surface area (Å²) in [7, 11) is -3.70. The Labute approximate surface area is 171 Å². The minimum absolute atomic E-state index is 0.0117. The molecule has 2 rings (SSSR count). The molecule has 0 aliphatic rings. The average molecular weight is 480 g/mol. The molecule has 0 saturated heterocycles. The molecule has 0 radical (unpaired) electrons. The van der Waals surface area contributed by atoms with Crippen LogP contribution in [0.3, 0.4) is 0 Å². The fourth-order valence-electron chi connectivity index (χ4n) is 2.33. The van der Waals surface area contributed by atoms with Gasteiger partial charge in [0.15, 0.2) is 0 Å². The van der Waals surface area contributed by atoms with E-state index in [1.165, 1.54) is 22.5 Å². The van der Waals surface area contributed by atoms with E-state index < -0.39 is 15.9 Å². The molecule has 2 aromatic rings. The smallest absolute Gasteiger partial charge is 0.257 e. The second-order valence-electron chi connectivity index (χ2n) is 5.31.